The third kappa shape index (κ3) is 4.40. The highest BCUT2D eigenvalue weighted by molar-refractivity contribution is 6.00. The van der Waals surface area contributed by atoms with Crippen molar-refractivity contribution in [2.24, 2.45) is 0 Å². The number of hydrogen-bond donors (Lipinski definition) is 1. The van der Waals surface area contributed by atoms with Crippen molar-refractivity contribution in [3.63, 3.8) is 0 Å². The van der Waals surface area contributed by atoms with Crippen molar-refractivity contribution in [1.29, 1.82) is 0 Å². The smallest absolute Gasteiger partial charge is 0.236 e. The van der Waals surface area contributed by atoms with Gasteiger partial charge < -0.3 is 4.90 Å². The molecule has 0 radical (unpaired) electrons. The number of hydrogen-bond acceptors (Lipinski definition) is 3. The van der Waals surface area contributed by atoms with Crippen molar-refractivity contribution in [1.82, 2.24) is 15.1 Å². The predicted octanol–water partition coefficient (Wildman–Crippen LogP) is 4.52. The van der Waals surface area contributed by atoms with Crippen LogP contribution in [0.4, 0.5) is 5.69 Å². The number of rotatable bonds is 7. The number of H-pyrrole nitrogens is 1. The summed E-state index contributed by atoms with van der Waals surface area (Å²) in [5.74, 6) is 0.0497. The van der Waals surface area contributed by atoms with Crippen LogP contribution in [0.5, 0.6) is 0 Å². The topological polar surface area (TPSA) is 52.2 Å². The molecule has 3 heterocycles. The molecule has 5 heteroatoms. The predicted molar refractivity (Wildman–Crippen MR) is 117 cm³/mol. The second-order valence-corrected chi connectivity index (χ2v) is 8.81. The van der Waals surface area contributed by atoms with E-state index >= 15 is 0 Å². The highest BCUT2D eigenvalue weighted by atomic mass is 16.2. The molecule has 2 aromatic rings. The van der Waals surface area contributed by atoms with Crippen LogP contribution in [0.15, 0.2) is 36.5 Å². The molecule has 1 N–H and O–H groups in total. The van der Waals surface area contributed by atoms with Crippen LogP contribution >= 0.6 is 0 Å². The SMILES string of the molecule is CC1CCCC(C)N1CCCCCN1C(=O)C(c2ccn[nH]2)Cc2ccccc21. The Morgan fingerprint density at radius 2 is 1.79 bits per heavy atom. The number of piperidine rings is 1. The summed E-state index contributed by atoms with van der Waals surface area (Å²) in [6, 6.07) is 11.7. The average Bonchev–Trinajstić information content (AvgIpc) is 3.25. The highest BCUT2D eigenvalue weighted by Crippen LogP contribution is 2.35. The zero-order chi connectivity index (χ0) is 20.2. The molecule has 3 unspecified atom stereocenters. The summed E-state index contributed by atoms with van der Waals surface area (Å²) < 4.78 is 0. The minimum Gasteiger partial charge on any atom is -0.312 e. The number of aromatic nitrogens is 2. The van der Waals surface area contributed by atoms with Gasteiger partial charge in [-0.05, 0) is 70.2 Å². The molecule has 156 valence electrons. The number of unbranched alkanes of at least 4 members (excludes halogenated alkanes) is 2. The number of aromatic amines is 1. The molecule has 0 spiro atoms. The molecule has 0 aliphatic carbocycles. The maximum Gasteiger partial charge on any atom is 0.236 e. The molecule has 1 fully saturated rings. The van der Waals surface area contributed by atoms with Gasteiger partial charge in [-0.1, -0.05) is 31.0 Å². The molecule has 1 saturated heterocycles. The summed E-state index contributed by atoms with van der Waals surface area (Å²) in [7, 11) is 0. The van der Waals surface area contributed by atoms with Gasteiger partial charge in [-0.2, -0.15) is 5.10 Å². The van der Waals surface area contributed by atoms with Gasteiger partial charge in [0, 0.05) is 36.2 Å². The Balaban J connectivity index is 1.35. The van der Waals surface area contributed by atoms with Crippen LogP contribution < -0.4 is 4.90 Å². The van der Waals surface area contributed by atoms with Crippen LogP contribution in [0, 0.1) is 0 Å². The van der Waals surface area contributed by atoms with Gasteiger partial charge in [0.15, 0.2) is 0 Å². The Hall–Kier alpha value is -2.14. The standard InChI is InChI=1S/C24H34N4O/c1-18-9-8-10-19(2)27(18)15-6-3-7-16-28-23-12-5-4-11-20(23)17-21(24(28)29)22-13-14-25-26-22/h4-5,11-14,18-19,21H,3,6-10,15-17H2,1-2H3,(H,25,26). The number of carbonyl (C=O) groups excluding carboxylic acids is 1. The fraction of sp³-hybridized carbons (Fsp3) is 0.583. The lowest BCUT2D eigenvalue weighted by Gasteiger charge is -2.39. The van der Waals surface area contributed by atoms with E-state index in [9.17, 15) is 4.79 Å². The number of amides is 1. The number of benzene rings is 1. The molecular formula is C24H34N4O. The highest BCUT2D eigenvalue weighted by Gasteiger charge is 2.34. The number of carbonyl (C=O) groups is 1. The van der Waals surface area contributed by atoms with Crippen LogP contribution in [0.25, 0.3) is 0 Å². The lowest BCUT2D eigenvalue weighted by atomic mass is 9.89. The zero-order valence-electron chi connectivity index (χ0n) is 17.8. The van der Waals surface area contributed by atoms with E-state index in [1.54, 1.807) is 6.20 Å². The zero-order valence-corrected chi connectivity index (χ0v) is 17.8. The molecule has 1 amide bonds. The van der Waals surface area contributed by atoms with Crippen molar-refractivity contribution in [2.45, 2.75) is 76.8 Å². The van der Waals surface area contributed by atoms with E-state index in [2.05, 4.69) is 47.1 Å². The van der Waals surface area contributed by atoms with Crippen molar-refractivity contribution in [3.05, 3.63) is 47.8 Å². The first-order chi connectivity index (χ1) is 14.1. The van der Waals surface area contributed by atoms with Gasteiger partial charge in [0.1, 0.15) is 0 Å². The van der Waals surface area contributed by atoms with Crippen LogP contribution in [0.2, 0.25) is 0 Å². The van der Waals surface area contributed by atoms with Gasteiger partial charge in [0.25, 0.3) is 0 Å². The molecule has 1 aromatic heterocycles. The molecule has 0 bridgehead atoms. The van der Waals surface area contributed by atoms with E-state index in [1.807, 2.05) is 17.0 Å². The summed E-state index contributed by atoms with van der Waals surface area (Å²) in [4.78, 5) is 17.9. The monoisotopic (exact) mass is 394 g/mol. The third-order valence-electron chi connectivity index (χ3n) is 6.84. The maximum absolute atomic E-state index is 13.3. The average molecular weight is 395 g/mol. The van der Waals surface area contributed by atoms with E-state index in [4.69, 9.17) is 0 Å². The maximum atomic E-state index is 13.3. The Bertz CT molecular complexity index is 793. The molecule has 29 heavy (non-hydrogen) atoms. The normalized spacial score (nSPS) is 25.2. The van der Waals surface area contributed by atoms with E-state index in [0.717, 1.165) is 37.2 Å². The molecule has 1 aromatic carbocycles. The fourth-order valence-corrected chi connectivity index (χ4v) is 5.15. The number of para-hydroxylation sites is 1. The van der Waals surface area contributed by atoms with Crippen molar-refractivity contribution in [2.75, 3.05) is 18.0 Å². The summed E-state index contributed by atoms with van der Waals surface area (Å²) in [5.41, 5.74) is 3.26. The Labute approximate surface area is 174 Å². The molecule has 2 aliphatic heterocycles. The van der Waals surface area contributed by atoms with Crippen molar-refractivity contribution >= 4 is 11.6 Å². The Morgan fingerprint density at radius 3 is 2.55 bits per heavy atom. The molecule has 0 saturated carbocycles. The quantitative estimate of drug-likeness (QED) is 0.703. The van der Waals surface area contributed by atoms with Gasteiger partial charge >= 0.3 is 0 Å². The Morgan fingerprint density at radius 1 is 1.03 bits per heavy atom. The second-order valence-electron chi connectivity index (χ2n) is 8.81. The van der Waals surface area contributed by atoms with E-state index < -0.39 is 0 Å². The van der Waals surface area contributed by atoms with Gasteiger partial charge in [-0.3, -0.25) is 14.8 Å². The van der Waals surface area contributed by atoms with E-state index in [0.29, 0.717) is 12.1 Å². The first-order valence-corrected chi connectivity index (χ1v) is 11.3. The fourth-order valence-electron chi connectivity index (χ4n) is 5.15. The number of nitrogens with zero attached hydrogens (tertiary/aromatic N) is 3. The summed E-state index contributed by atoms with van der Waals surface area (Å²) in [5, 5.41) is 7.06. The van der Waals surface area contributed by atoms with Gasteiger partial charge in [0.05, 0.1) is 5.92 Å². The molecule has 4 rings (SSSR count). The number of anilines is 1. The van der Waals surface area contributed by atoms with Gasteiger partial charge in [-0.25, -0.2) is 0 Å². The third-order valence-corrected chi connectivity index (χ3v) is 6.84. The molecule has 3 atom stereocenters. The van der Waals surface area contributed by atoms with Crippen LogP contribution in [-0.2, 0) is 11.2 Å². The summed E-state index contributed by atoms with van der Waals surface area (Å²) in [6.45, 7) is 6.72. The molecule has 2 aliphatic rings. The Kier molecular flexibility index (Phi) is 6.34. The number of likely N-dealkylation sites (tertiary alicyclic amines) is 1. The van der Waals surface area contributed by atoms with Crippen LogP contribution in [0.3, 0.4) is 0 Å². The lowest BCUT2D eigenvalue weighted by Crippen LogP contribution is -2.44. The van der Waals surface area contributed by atoms with Gasteiger partial charge in [0.2, 0.25) is 5.91 Å². The van der Waals surface area contributed by atoms with E-state index in [1.165, 1.54) is 37.8 Å². The van der Waals surface area contributed by atoms with Gasteiger partial charge in [-0.15, -0.1) is 0 Å². The van der Waals surface area contributed by atoms with Crippen LogP contribution in [-0.4, -0.2) is 46.2 Å². The largest absolute Gasteiger partial charge is 0.312 e. The minimum atomic E-state index is -0.151. The summed E-state index contributed by atoms with van der Waals surface area (Å²) >= 11 is 0. The van der Waals surface area contributed by atoms with E-state index in [-0.39, 0.29) is 11.8 Å². The number of nitrogens with one attached hydrogen (secondary N) is 1. The summed E-state index contributed by atoms with van der Waals surface area (Å²) in [6.07, 6.45) is 9.93. The first kappa shape index (κ1) is 20.1. The van der Waals surface area contributed by atoms with Crippen LogP contribution in [0.1, 0.15) is 69.5 Å². The lowest BCUT2D eigenvalue weighted by molar-refractivity contribution is -0.120. The number of fused-ring (bicyclic) bond motifs is 1. The second kappa shape index (κ2) is 9.12. The van der Waals surface area contributed by atoms with Crippen molar-refractivity contribution in [3.8, 4) is 0 Å². The minimum absolute atomic E-state index is 0.151. The molecule has 5 nitrogen and oxygen atoms in total. The molecular weight excluding hydrogens is 360 g/mol. The first-order valence-electron chi connectivity index (χ1n) is 11.3. The van der Waals surface area contributed by atoms with Crippen molar-refractivity contribution < 1.29 is 4.79 Å².